The molecule has 0 bridgehead atoms. The molecule has 1 aliphatic carbocycles. The van der Waals surface area contributed by atoms with Gasteiger partial charge in [0.05, 0.1) is 0 Å². The molecule has 0 saturated heterocycles. The molecule has 90 valence electrons. The van der Waals surface area contributed by atoms with Gasteiger partial charge in [0.25, 0.3) is 0 Å². The summed E-state index contributed by atoms with van der Waals surface area (Å²) in [6, 6.07) is 1.61. The summed E-state index contributed by atoms with van der Waals surface area (Å²) in [4.78, 5) is 0. The minimum atomic E-state index is -1.43. The molecule has 1 saturated carbocycles. The molecular formula is C11H13ClF3N. The Morgan fingerprint density at radius 3 is 2.38 bits per heavy atom. The van der Waals surface area contributed by atoms with Crippen molar-refractivity contribution in [2.75, 3.05) is 0 Å². The highest BCUT2D eigenvalue weighted by atomic mass is 35.5. The van der Waals surface area contributed by atoms with E-state index >= 15 is 0 Å². The van der Waals surface area contributed by atoms with E-state index in [1.807, 2.05) is 0 Å². The molecule has 0 amide bonds. The van der Waals surface area contributed by atoms with E-state index in [1.165, 1.54) is 6.07 Å². The Bertz CT molecular complexity index is 380. The third-order valence-corrected chi connectivity index (χ3v) is 2.75. The smallest absolute Gasteiger partial charge is 0.194 e. The highest BCUT2D eigenvalue weighted by Crippen LogP contribution is 2.37. The summed E-state index contributed by atoms with van der Waals surface area (Å²) in [5.74, 6) is -3.23. The van der Waals surface area contributed by atoms with E-state index in [-0.39, 0.29) is 18.0 Å². The second kappa shape index (κ2) is 5.06. The molecule has 2 N–H and O–H groups in total. The van der Waals surface area contributed by atoms with Crippen molar-refractivity contribution in [3.63, 3.8) is 0 Å². The van der Waals surface area contributed by atoms with Crippen LogP contribution in [0.5, 0.6) is 0 Å². The minimum absolute atomic E-state index is 0. The lowest BCUT2D eigenvalue weighted by Gasteiger charge is -2.12. The zero-order chi connectivity index (χ0) is 11.0. The van der Waals surface area contributed by atoms with E-state index in [9.17, 15) is 13.2 Å². The third-order valence-electron chi connectivity index (χ3n) is 2.75. The summed E-state index contributed by atoms with van der Waals surface area (Å²) in [6.45, 7) is 0. The second-order valence-corrected chi connectivity index (χ2v) is 4.05. The molecule has 0 spiro atoms. The zero-order valence-electron chi connectivity index (χ0n) is 8.55. The molecular weight excluding hydrogens is 239 g/mol. The number of halogens is 4. The Morgan fingerprint density at radius 1 is 1.19 bits per heavy atom. The van der Waals surface area contributed by atoms with Crippen molar-refractivity contribution < 1.29 is 13.2 Å². The average molecular weight is 252 g/mol. The van der Waals surface area contributed by atoms with Crippen LogP contribution < -0.4 is 5.73 Å². The van der Waals surface area contributed by atoms with Gasteiger partial charge in [-0.25, -0.2) is 13.2 Å². The van der Waals surface area contributed by atoms with Crippen molar-refractivity contribution in [3.05, 3.63) is 35.1 Å². The first kappa shape index (κ1) is 13.3. The summed E-state index contributed by atoms with van der Waals surface area (Å²) >= 11 is 0. The third kappa shape index (κ3) is 2.68. The van der Waals surface area contributed by atoms with Gasteiger partial charge in [0.1, 0.15) is 0 Å². The van der Waals surface area contributed by atoms with Gasteiger partial charge in [-0.2, -0.15) is 0 Å². The number of hydrogen-bond acceptors (Lipinski definition) is 1. The highest BCUT2D eigenvalue weighted by molar-refractivity contribution is 5.85. The van der Waals surface area contributed by atoms with Crippen LogP contribution in [-0.4, -0.2) is 0 Å². The molecule has 0 aliphatic heterocycles. The van der Waals surface area contributed by atoms with Crippen molar-refractivity contribution >= 4 is 12.4 Å². The summed E-state index contributed by atoms with van der Waals surface area (Å²) < 4.78 is 38.8. The van der Waals surface area contributed by atoms with Crippen LogP contribution >= 0.6 is 12.4 Å². The van der Waals surface area contributed by atoms with Crippen LogP contribution in [0.15, 0.2) is 12.1 Å². The topological polar surface area (TPSA) is 26.0 Å². The molecule has 1 aromatic rings. The van der Waals surface area contributed by atoms with Gasteiger partial charge < -0.3 is 5.73 Å². The van der Waals surface area contributed by atoms with Gasteiger partial charge in [-0.15, -0.1) is 12.4 Å². The largest absolute Gasteiger partial charge is 0.324 e. The number of rotatable bonds is 3. The highest BCUT2D eigenvalue weighted by Gasteiger charge is 2.26. The van der Waals surface area contributed by atoms with Crippen molar-refractivity contribution in [2.24, 2.45) is 11.7 Å². The Morgan fingerprint density at radius 2 is 1.81 bits per heavy atom. The monoisotopic (exact) mass is 251 g/mol. The number of hydrogen-bond donors (Lipinski definition) is 1. The van der Waals surface area contributed by atoms with Gasteiger partial charge in [-0.3, -0.25) is 0 Å². The molecule has 2 rings (SSSR count). The Balaban J connectivity index is 0.00000128. The molecule has 1 atom stereocenters. The van der Waals surface area contributed by atoms with Crippen molar-refractivity contribution in [3.8, 4) is 0 Å². The fourth-order valence-electron chi connectivity index (χ4n) is 1.67. The van der Waals surface area contributed by atoms with Crippen LogP contribution in [0.1, 0.15) is 30.9 Å². The van der Waals surface area contributed by atoms with Crippen LogP contribution in [0.25, 0.3) is 0 Å². The zero-order valence-corrected chi connectivity index (χ0v) is 9.37. The Hall–Kier alpha value is -0.740. The molecule has 1 aliphatic rings. The predicted molar refractivity (Wildman–Crippen MR) is 57.8 cm³/mol. The summed E-state index contributed by atoms with van der Waals surface area (Å²) in [5.41, 5.74) is 5.80. The number of nitrogens with two attached hydrogens (primary N) is 1. The maximum Gasteiger partial charge on any atom is 0.194 e. The minimum Gasteiger partial charge on any atom is -0.324 e. The lowest BCUT2D eigenvalue weighted by Crippen LogP contribution is -2.14. The van der Waals surface area contributed by atoms with Gasteiger partial charge in [0, 0.05) is 11.6 Å². The number of benzene rings is 1. The fourth-order valence-corrected chi connectivity index (χ4v) is 1.67. The SMILES string of the molecule is Cl.N[C@@H](CC1CC1)c1ccc(F)c(F)c1F. The van der Waals surface area contributed by atoms with Crippen molar-refractivity contribution in [2.45, 2.75) is 25.3 Å². The first-order chi connectivity index (χ1) is 7.09. The molecule has 0 aromatic heterocycles. The van der Waals surface area contributed by atoms with Crippen molar-refractivity contribution in [1.29, 1.82) is 0 Å². The van der Waals surface area contributed by atoms with E-state index in [1.54, 1.807) is 0 Å². The van der Waals surface area contributed by atoms with Gasteiger partial charge in [0.2, 0.25) is 0 Å². The Labute approximate surface area is 98.2 Å². The summed E-state index contributed by atoms with van der Waals surface area (Å²) in [5, 5.41) is 0. The molecule has 0 heterocycles. The molecule has 0 unspecified atom stereocenters. The standard InChI is InChI=1S/C11H12F3N.ClH/c12-8-4-3-7(10(13)11(8)14)9(15)5-6-1-2-6;/h3-4,6,9H,1-2,5,15H2;1H/t9-;/m0./s1. The molecule has 1 nitrogen and oxygen atoms in total. The van der Waals surface area contributed by atoms with Gasteiger partial charge in [-0.1, -0.05) is 18.9 Å². The Kier molecular flexibility index (Phi) is 4.21. The van der Waals surface area contributed by atoms with Gasteiger partial charge >= 0.3 is 0 Å². The molecule has 5 heteroatoms. The predicted octanol–water partition coefficient (Wildman–Crippen LogP) is 3.33. The lowest BCUT2D eigenvalue weighted by atomic mass is 10.0. The van der Waals surface area contributed by atoms with Gasteiger partial charge in [-0.05, 0) is 18.4 Å². The van der Waals surface area contributed by atoms with Crippen LogP contribution in [0, 0.1) is 23.4 Å². The van der Waals surface area contributed by atoms with E-state index in [2.05, 4.69) is 0 Å². The van der Waals surface area contributed by atoms with E-state index in [0.717, 1.165) is 18.9 Å². The fraction of sp³-hybridized carbons (Fsp3) is 0.455. The molecule has 1 fully saturated rings. The molecule has 0 radical (unpaired) electrons. The van der Waals surface area contributed by atoms with E-state index in [4.69, 9.17) is 5.73 Å². The van der Waals surface area contributed by atoms with Crippen LogP contribution in [0.3, 0.4) is 0 Å². The quantitative estimate of drug-likeness (QED) is 0.820. The summed E-state index contributed by atoms with van der Waals surface area (Å²) in [6.07, 6.45) is 2.83. The lowest BCUT2D eigenvalue weighted by molar-refractivity contribution is 0.431. The van der Waals surface area contributed by atoms with Crippen molar-refractivity contribution in [1.82, 2.24) is 0 Å². The molecule has 1 aromatic carbocycles. The molecule has 16 heavy (non-hydrogen) atoms. The average Bonchev–Trinajstić information content (AvgIpc) is 2.98. The van der Waals surface area contributed by atoms with E-state index < -0.39 is 23.5 Å². The first-order valence-corrected chi connectivity index (χ1v) is 4.98. The van der Waals surface area contributed by atoms with Crippen LogP contribution in [0.4, 0.5) is 13.2 Å². The van der Waals surface area contributed by atoms with Crippen LogP contribution in [0.2, 0.25) is 0 Å². The summed E-state index contributed by atoms with van der Waals surface area (Å²) in [7, 11) is 0. The van der Waals surface area contributed by atoms with E-state index in [0.29, 0.717) is 12.3 Å². The van der Waals surface area contributed by atoms with Crippen LogP contribution in [-0.2, 0) is 0 Å². The first-order valence-electron chi connectivity index (χ1n) is 4.98. The normalized spacial score (nSPS) is 16.8. The second-order valence-electron chi connectivity index (χ2n) is 4.05. The maximum atomic E-state index is 13.3. The maximum absolute atomic E-state index is 13.3. The van der Waals surface area contributed by atoms with Gasteiger partial charge in [0.15, 0.2) is 17.5 Å².